The number of hydrogen-bond acceptors (Lipinski definition) is 5. The summed E-state index contributed by atoms with van der Waals surface area (Å²) in [6, 6.07) is 8.96. The van der Waals surface area contributed by atoms with Gasteiger partial charge in [-0.3, -0.25) is 4.90 Å². The summed E-state index contributed by atoms with van der Waals surface area (Å²) >= 11 is 7.57. The quantitative estimate of drug-likeness (QED) is 0.751. The molecular weight excluding hydrogens is 342 g/mol. The molecule has 0 radical (unpaired) electrons. The molecule has 0 amide bonds. The van der Waals surface area contributed by atoms with Crippen LogP contribution >= 0.6 is 22.9 Å². The van der Waals surface area contributed by atoms with Gasteiger partial charge in [0.25, 0.3) is 0 Å². The lowest BCUT2D eigenvalue weighted by atomic mass is 10.0. The Morgan fingerprint density at radius 3 is 2.58 bits per heavy atom. The van der Waals surface area contributed by atoms with E-state index >= 15 is 0 Å². The van der Waals surface area contributed by atoms with Gasteiger partial charge in [0.2, 0.25) is 0 Å². The monoisotopic (exact) mass is 361 g/mol. The van der Waals surface area contributed by atoms with Crippen molar-refractivity contribution in [3.8, 4) is 0 Å². The van der Waals surface area contributed by atoms with Crippen molar-refractivity contribution in [2.75, 3.05) is 7.05 Å². The molecule has 3 unspecified atom stereocenters. The molecule has 4 nitrogen and oxygen atoms in total. The van der Waals surface area contributed by atoms with Crippen LogP contribution in [0.25, 0.3) is 0 Å². The molecule has 0 spiro atoms. The van der Waals surface area contributed by atoms with Crippen LogP contribution in [0.1, 0.15) is 43.0 Å². The number of oxime groups is 1. The van der Waals surface area contributed by atoms with Gasteiger partial charge in [0.05, 0.1) is 16.9 Å². The average Bonchev–Trinajstić information content (AvgIpc) is 3.16. The van der Waals surface area contributed by atoms with Crippen molar-refractivity contribution in [3.05, 3.63) is 51.4 Å². The Labute approximate surface area is 151 Å². The van der Waals surface area contributed by atoms with Gasteiger partial charge in [-0.05, 0) is 32.0 Å². The number of halogens is 1. The van der Waals surface area contributed by atoms with Gasteiger partial charge in [0, 0.05) is 40.9 Å². The highest BCUT2D eigenvalue weighted by molar-refractivity contribution is 7.07. The third-order valence-electron chi connectivity index (χ3n) is 5.11. The fourth-order valence-corrected chi connectivity index (χ4v) is 4.38. The minimum Gasteiger partial charge on any atom is -0.381 e. The Kier molecular flexibility index (Phi) is 4.57. The van der Waals surface area contributed by atoms with E-state index in [1.165, 1.54) is 18.6 Å². The molecule has 1 aromatic heterocycles. The molecule has 4 rings (SSSR count). The maximum Gasteiger partial charge on any atom is 0.195 e. The van der Waals surface area contributed by atoms with E-state index in [0.717, 1.165) is 24.1 Å². The zero-order chi connectivity index (χ0) is 16.5. The molecule has 3 atom stereocenters. The first-order chi connectivity index (χ1) is 11.7. The minimum atomic E-state index is -0.279. The summed E-state index contributed by atoms with van der Waals surface area (Å²) in [5.74, 6) is 0. The Bertz CT molecular complexity index is 700. The Balaban J connectivity index is 1.54. The van der Waals surface area contributed by atoms with Crippen molar-refractivity contribution in [2.24, 2.45) is 5.16 Å². The van der Waals surface area contributed by atoms with Crippen LogP contribution in [0.2, 0.25) is 5.02 Å². The Hall–Kier alpha value is -1.43. The van der Waals surface area contributed by atoms with Gasteiger partial charge in [-0.2, -0.15) is 0 Å². The van der Waals surface area contributed by atoms with Gasteiger partial charge < -0.3 is 4.84 Å². The van der Waals surface area contributed by atoms with E-state index in [9.17, 15) is 0 Å². The largest absolute Gasteiger partial charge is 0.381 e. The highest BCUT2D eigenvalue weighted by atomic mass is 35.5. The highest BCUT2D eigenvalue weighted by Crippen LogP contribution is 2.34. The molecule has 0 N–H and O–H groups in total. The highest BCUT2D eigenvalue weighted by Gasteiger charge is 2.37. The molecule has 2 bridgehead atoms. The number of fused-ring (bicyclic) bond motifs is 2. The molecular formula is C18H20ClN3OS. The van der Waals surface area contributed by atoms with E-state index in [2.05, 4.69) is 22.1 Å². The number of aromatic nitrogens is 1. The number of hydrogen-bond donors (Lipinski definition) is 0. The van der Waals surface area contributed by atoms with E-state index in [-0.39, 0.29) is 6.10 Å². The fraction of sp³-hybridized carbons (Fsp3) is 0.444. The second-order valence-corrected chi connectivity index (χ2v) is 7.72. The van der Waals surface area contributed by atoms with Gasteiger partial charge in [-0.1, -0.05) is 28.9 Å². The second-order valence-electron chi connectivity index (χ2n) is 6.57. The van der Waals surface area contributed by atoms with E-state index in [4.69, 9.17) is 16.4 Å². The molecule has 2 fully saturated rings. The zero-order valence-corrected chi connectivity index (χ0v) is 15.1. The Morgan fingerprint density at radius 1 is 1.25 bits per heavy atom. The molecule has 6 heteroatoms. The first-order valence-corrected chi connectivity index (χ1v) is 9.60. The summed E-state index contributed by atoms with van der Waals surface area (Å²) in [4.78, 5) is 12.9. The molecule has 2 aliphatic rings. The summed E-state index contributed by atoms with van der Waals surface area (Å²) in [6.07, 6.45) is 4.28. The lowest BCUT2D eigenvalue weighted by Crippen LogP contribution is -2.40. The third-order valence-corrected chi connectivity index (χ3v) is 5.96. The SMILES string of the molecule is CN1C2CCC1CC(=NOC(c1ccc(Cl)cc1)c1cscn1)C2. The third kappa shape index (κ3) is 3.21. The summed E-state index contributed by atoms with van der Waals surface area (Å²) < 4.78 is 0. The number of thiazole rings is 1. The summed E-state index contributed by atoms with van der Waals surface area (Å²) in [7, 11) is 2.23. The predicted molar refractivity (Wildman–Crippen MR) is 97.7 cm³/mol. The van der Waals surface area contributed by atoms with E-state index in [1.807, 2.05) is 35.2 Å². The van der Waals surface area contributed by atoms with Gasteiger partial charge in [0.15, 0.2) is 6.10 Å². The minimum absolute atomic E-state index is 0.279. The standard InChI is InChI=1S/C18H20ClN3OS/c1-22-15-6-7-16(22)9-14(8-15)21-23-18(17-10-24-11-20-17)12-2-4-13(19)5-3-12/h2-5,10-11,15-16,18H,6-9H2,1H3. The van der Waals surface area contributed by atoms with E-state index < -0.39 is 0 Å². The van der Waals surface area contributed by atoms with Crippen LogP contribution in [0.4, 0.5) is 0 Å². The van der Waals surface area contributed by atoms with Crippen LogP contribution in [-0.4, -0.2) is 34.7 Å². The predicted octanol–water partition coefficient (Wildman–Crippen LogP) is 4.52. The fourth-order valence-electron chi connectivity index (χ4n) is 3.69. The number of benzene rings is 1. The maximum atomic E-state index is 6.01. The van der Waals surface area contributed by atoms with Gasteiger partial charge in [0.1, 0.15) is 0 Å². The van der Waals surface area contributed by atoms with Crippen molar-refractivity contribution in [1.82, 2.24) is 9.88 Å². The van der Waals surface area contributed by atoms with E-state index in [0.29, 0.717) is 17.1 Å². The average molecular weight is 362 g/mol. The van der Waals surface area contributed by atoms with Crippen LogP contribution in [0.3, 0.4) is 0 Å². The molecule has 2 aliphatic heterocycles. The lowest BCUT2D eigenvalue weighted by Gasteiger charge is -2.31. The topological polar surface area (TPSA) is 37.7 Å². The molecule has 126 valence electrons. The molecule has 3 heterocycles. The van der Waals surface area contributed by atoms with Crippen LogP contribution in [0, 0.1) is 0 Å². The van der Waals surface area contributed by atoms with Crippen LogP contribution in [0.15, 0.2) is 40.3 Å². The first kappa shape index (κ1) is 16.1. The maximum absolute atomic E-state index is 6.01. The van der Waals surface area contributed by atoms with Gasteiger partial charge in [-0.15, -0.1) is 11.3 Å². The van der Waals surface area contributed by atoms with Crippen molar-refractivity contribution in [3.63, 3.8) is 0 Å². The first-order valence-electron chi connectivity index (χ1n) is 8.28. The summed E-state index contributed by atoms with van der Waals surface area (Å²) in [5.41, 5.74) is 4.91. The van der Waals surface area contributed by atoms with Crippen LogP contribution < -0.4 is 0 Å². The number of rotatable bonds is 4. The lowest BCUT2D eigenvalue weighted by molar-refractivity contribution is 0.0815. The molecule has 24 heavy (non-hydrogen) atoms. The second kappa shape index (κ2) is 6.82. The van der Waals surface area contributed by atoms with Crippen molar-refractivity contribution >= 4 is 28.6 Å². The van der Waals surface area contributed by atoms with Crippen LogP contribution in [0.5, 0.6) is 0 Å². The van der Waals surface area contributed by atoms with Crippen LogP contribution in [-0.2, 0) is 4.84 Å². The molecule has 2 aromatic rings. The molecule has 0 saturated carbocycles. The number of piperidine rings is 1. The van der Waals surface area contributed by atoms with Crippen molar-refractivity contribution < 1.29 is 4.84 Å². The smallest absolute Gasteiger partial charge is 0.195 e. The van der Waals surface area contributed by atoms with Crippen molar-refractivity contribution in [1.29, 1.82) is 0 Å². The number of nitrogens with zero attached hydrogens (tertiary/aromatic N) is 3. The zero-order valence-electron chi connectivity index (χ0n) is 13.6. The summed E-state index contributed by atoms with van der Waals surface area (Å²) in [5, 5.41) is 7.26. The van der Waals surface area contributed by atoms with E-state index in [1.54, 1.807) is 11.3 Å². The van der Waals surface area contributed by atoms with Gasteiger partial charge >= 0.3 is 0 Å². The summed E-state index contributed by atoms with van der Waals surface area (Å²) in [6.45, 7) is 0. The Morgan fingerprint density at radius 2 is 1.96 bits per heavy atom. The molecule has 1 aromatic carbocycles. The molecule has 2 saturated heterocycles. The van der Waals surface area contributed by atoms with Crippen molar-refractivity contribution in [2.45, 2.75) is 43.9 Å². The molecule has 0 aliphatic carbocycles. The normalized spacial score (nSPS) is 24.8. The van der Waals surface area contributed by atoms with Gasteiger partial charge in [-0.25, -0.2) is 4.98 Å².